The standard InChI is InChI=1S/C22H22F4O6/c1-11(19(27)28)6-12-4-5-17(15(7-12)21(24,25)26)31-22(29,30)16-9-14(23)8-13-10-20(2,3)32-18(13)16/h4-5,7-9,11,29-30H,6,10H2,1-3H3,(H,27,28). The second-order valence-corrected chi connectivity index (χ2v) is 8.46. The highest BCUT2D eigenvalue weighted by Crippen LogP contribution is 2.44. The van der Waals surface area contributed by atoms with Gasteiger partial charge in [0, 0.05) is 12.0 Å². The summed E-state index contributed by atoms with van der Waals surface area (Å²) in [5, 5.41) is 30.0. The van der Waals surface area contributed by atoms with E-state index in [0.29, 0.717) is 11.6 Å². The van der Waals surface area contributed by atoms with Gasteiger partial charge in [-0.25, -0.2) is 4.39 Å². The summed E-state index contributed by atoms with van der Waals surface area (Å²) in [5.74, 6) is -7.31. The lowest BCUT2D eigenvalue weighted by atomic mass is 9.98. The number of carboxylic acid groups (broad SMARTS) is 1. The molecule has 0 saturated heterocycles. The largest absolute Gasteiger partial charge is 0.487 e. The summed E-state index contributed by atoms with van der Waals surface area (Å²) < 4.78 is 65.6. The Morgan fingerprint density at radius 3 is 2.44 bits per heavy atom. The Hall–Kier alpha value is -2.85. The van der Waals surface area contributed by atoms with Gasteiger partial charge in [0.15, 0.2) is 0 Å². The molecule has 0 fully saturated rings. The Morgan fingerprint density at radius 1 is 1.19 bits per heavy atom. The van der Waals surface area contributed by atoms with Gasteiger partial charge in [0.1, 0.15) is 22.9 Å². The van der Waals surface area contributed by atoms with E-state index in [0.717, 1.165) is 18.2 Å². The van der Waals surface area contributed by atoms with Crippen LogP contribution in [0.4, 0.5) is 17.6 Å². The van der Waals surface area contributed by atoms with Crippen LogP contribution in [-0.4, -0.2) is 26.9 Å². The topological polar surface area (TPSA) is 96.2 Å². The number of ether oxygens (including phenoxy) is 2. The molecular weight excluding hydrogens is 436 g/mol. The molecule has 1 unspecified atom stereocenters. The van der Waals surface area contributed by atoms with Crippen LogP contribution in [0.5, 0.6) is 11.5 Å². The van der Waals surface area contributed by atoms with E-state index in [9.17, 15) is 32.6 Å². The van der Waals surface area contributed by atoms with Crippen LogP contribution >= 0.6 is 0 Å². The second kappa shape index (κ2) is 7.93. The van der Waals surface area contributed by atoms with Crippen molar-refractivity contribution in [2.24, 2.45) is 5.92 Å². The fraction of sp³-hybridized carbons (Fsp3) is 0.409. The fourth-order valence-corrected chi connectivity index (χ4v) is 3.58. The lowest BCUT2D eigenvalue weighted by Crippen LogP contribution is -2.34. The molecule has 0 spiro atoms. The molecule has 0 saturated carbocycles. The number of benzene rings is 2. The van der Waals surface area contributed by atoms with Crippen molar-refractivity contribution in [1.82, 2.24) is 0 Å². The van der Waals surface area contributed by atoms with Crippen molar-refractivity contribution in [2.45, 2.75) is 51.4 Å². The minimum Gasteiger partial charge on any atom is -0.487 e. The minimum atomic E-state index is -4.95. The van der Waals surface area contributed by atoms with E-state index in [-0.39, 0.29) is 24.2 Å². The van der Waals surface area contributed by atoms with Gasteiger partial charge in [0.05, 0.1) is 17.0 Å². The fourth-order valence-electron chi connectivity index (χ4n) is 3.58. The quantitative estimate of drug-likeness (QED) is 0.448. The molecule has 0 aliphatic carbocycles. The van der Waals surface area contributed by atoms with Crippen molar-refractivity contribution >= 4 is 5.97 Å². The van der Waals surface area contributed by atoms with Crippen LogP contribution in [0.25, 0.3) is 0 Å². The average Bonchev–Trinajstić information content (AvgIpc) is 2.94. The molecule has 2 aromatic rings. The van der Waals surface area contributed by atoms with Gasteiger partial charge in [-0.2, -0.15) is 13.2 Å². The molecule has 1 aliphatic rings. The van der Waals surface area contributed by atoms with Gasteiger partial charge in [-0.05, 0) is 50.1 Å². The molecule has 2 aromatic carbocycles. The predicted octanol–water partition coefficient (Wildman–Crippen LogP) is 4.00. The Morgan fingerprint density at radius 2 is 1.84 bits per heavy atom. The number of fused-ring (bicyclic) bond motifs is 1. The normalized spacial score (nSPS) is 16.3. The van der Waals surface area contributed by atoms with Crippen molar-refractivity contribution in [3.05, 3.63) is 58.4 Å². The van der Waals surface area contributed by atoms with Crippen LogP contribution in [0.15, 0.2) is 30.3 Å². The maximum Gasteiger partial charge on any atom is 0.419 e. The van der Waals surface area contributed by atoms with Gasteiger partial charge in [-0.15, -0.1) is 0 Å². The van der Waals surface area contributed by atoms with E-state index in [2.05, 4.69) is 0 Å². The van der Waals surface area contributed by atoms with E-state index < -0.39 is 52.3 Å². The van der Waals surface area contributed by atoms with Crippen molar-refractivity contribution in [3.8, 4) is 11.5 Å². The van der Waals surface area contributed by atoms with Crippen LogP contribution in [0.3, 0.4) is 0 Å². The molecule has 0 radical (unpaired) electrons. The zero-order valence-corrected chi connectivity index (χ0v) is 17.5. The Labute approximate surface area is 181 Å². The molecular formula is C22H22F4O6. The third-order valence-corrected chi connectivity index (χ3v) is 5.04. The highest BCUT2D eigenvalue weighted by molar-refractivity contribution is 5.70. The minimum absolute atomic E-state index is 0.0674. The Balaban J connectivity index is 2.01. The van der Waals surface area contributed by atoms with E-state index >= 15 is 0 Å². The molecule has 0 aromatic heterocycles. The van der Waals surface area contributed by atoms with Gasteiger partial charge < -0.3 is 24.8 Å². The number of halogens is 4. The number of hydrogen-bond donors (Lipinski definition) is 3. The molecule has 3 N–H and O–H groups in total. The van der Waals surface area contributed by atoms with Crippen LogP contribution in [0.2, 0.25) is 0 Å². The first-order valence-corrected chi connectivity index (χ1v) is 9.68. The summed E-state index contributed by atoms with van der Waals surface area (Å²) in [6.07, 6.45) is -4.88. The SMILES string of the molecule is CC(Cc1ccc(OC(O)(O)c2cc(F)cc3c2OC(C)(C)C3)c(C(F)(F)F)c1)C(=O)O. The van der Waals surface area contributed by atoms with Gasteiger partial charge in [0.25, 0.3) is 0 Å². The first-order chi connectivity index (χ1) is 14.6. The molecule has 0 bridgehead atoms. The summed E-state index contributed by atoms with van der Waals surface area (Å²) in [4.78, 5) is 11.0. The summed E-state index contributed by atoms with van der Waals surface area (Å²) in [6.45, 7) is 4.72. The number of aliphatic hydroxyl groups is 2. The first-order valence-electron chi connectivity index (χ1n) is 9.68. The van der Waals surface area contributed by atoms with Crippen LogP contribution in [0.1, 0.15) is 43.0 Å². The molecule has 6 nitrogen and oxygen atoms in total. The van der Waals surface area contributed by atoms with Crippen molar-refractivity contribution in [1.29, 1.82) is 0 Å². The number of rotatable bonds is 6. The molecule has 1 heterocycles. The van der Waals surface area contributed by atoms with Gasteiger partial charge in [0.2, 0.25) is 0 Å². The van der Waals surface area contributed by atoms with Crippen molar-refractivity contribution in [3.63, 3.8) is 0 Å². The lowest BCUT2D eigenvalue weighted by molar-refractivity contribution is -0.306. The third kappa shape index (κ3) is 4.97. The summed E-state index contributed by atoms with van der Waals surface area (Å²) in [5.41, 5.74) is -2.32. The van der Waals surface area contributed by atoms with E-state index in [1.165, 1.54) is 13.0 Å². The Kier molecular flexibility index (Phi) is 5.90. The maximum atomic E-state index is 14.1. The second-order valence-electron chi connectivity index (χ2n) is 8.46. The lowest BCUT2D eigenvalue weighted by Gasteiger charge is -2.27. The van der Waals surface area contributed by atoms with E-state index in [1.54, 1.807) is 13.8 Å². The zero-order valence-electron chi connectivity index (χ0n) is 17.5. The summed E-state index contributed by atoms with van der Waals surface area (Å²) in [6, 6.07) is 4.59. The van der Waals surface area contributed by atoms with Crippen LogP contribution in [0, 0.1) is 11.7 Å². The molecule has 1 aliphatic heterocycles. The average molecular weight is 458 g/mol. The monoisotopic (exact) mass is 458 g/mol. The number of aliphatic carboxylic acids is 1. The van der Waals surface area contributed by atoms with Gasteiger partial charge in [-0.1, -0.05) is 13.0 Å². The third-order valence-electron chi connectivity index (χ3n) is 5.04. The Bertz CT molecular complexity index is 1050. The number of hydrogen-bond acceptors (Lipinski definition) is 5. The molecule has 32 heavy (non-hydrogen) atoms. The van der Waals surface area contributed by atoms with Gasteiger partial charge in [-0.3, -0.25) is 4.79 Å². The predicted molar refractivity (Wildman–Crippen MR) is 104 cm³/mol. The van der Waals surface area contributed by atoms with Crippen LogP contribution < -0.4 is 9.47 Å². The summed E-state index contributed by atoms with van der Waals surface area (Å²) in [7, 11) is 0. The van der Waals surface area contributed by atoms with Crippen LogP contribution in [-0.2, 0) is 29.8 Å². The first kappa shape index (κ1) is 23.8. The molecule has 174 valence electrons. The molecule has 1 atom stereocenters. The highest BCUT2D eigenvalue weighted by atomic mass is 19.4. The number of alkyl halides is 3. The van der Waals surface area contributed by atoms with Crippen molar-refractivity contribution in [2.75, 3.05) is 0 Å². The highest BCUT2D eigenvalue weighted by Gasteiger charge is 2.43. The van der Waals surface area contributed by atoms with E-state index in [4.69, 9.17) is 14.6 Å². The molecule has 3 rings (SSSR count). The van der Waals surface area contributed by atoms with Gasteiger partial charge >= 0.3 is 18.1 Å². The molecule has 0 amide bonds. The summed E-state index contributed by atoms with van der Waals surface area (Å²) >= 11 is 0. The van der Waals surface area contributed by atoms with Crippen molar-refractivity contribution < 1.29 is 47.1 Å². The van der Waals surface area contributed by atoms with E-state index in [1.807, 2.05) is 0 Å². The maximum absolute atomic E-state index is 14.1. The molecule has 10 heteroatoms. The smallest absolute Gasteiger partial charge is 0.419 e. The zero-order chi connectivity index (χ0) is 24.1. The number of carbonyl (C=O) groups is 1. The number of carboxylic acids is 1.